The number of anilines is 3. The maximum absolute atomic E-state index is 12.9. The molecule has 2 unspecified atom stereocenters. The van der Waals surface area contributed by atoms with Crippen molar-refractivity contribution in [1.29, 1.82) is 0 Å². The van der Waals surface area contributed by atoms with Crippen LogP contribution in [0.4, 0.5) is 17.3 Å². The largest absolute Gasteiger partial charge is 0.384 e. The van der Waals surface area contributed by atoms with Crippen LogP contribution in [0.2, 0.25) is 15.1 Å². The molecular formula is C22H15Cl5N4O2. The molecule has 3 aromatic rings. The first kappa shape index (κ1) is 23.9. The van der Waals surface area contributed by atoms with E-state index in [0.29, 0.717) is 21.3 Å². The van der Waals surface area contributed by atoms with Gasteiger partial charge in [0, 0.05) is 21.7 Å². The first-order chi connectivity index (χ1) is 15.6. The van der Waals surface area contributed by atoms with E-state index in [1.165, 1.54) is 12.1 Å². The zero-order chi connectivity index (χ0) is 23.9. The van der Waals surface area contributed by atoms with E-state index in [0.717, 1.165) is 0 Å². The van der Waals surface area contributed by atoms with E-state index in [9.17, 15) is 9.59 Å². The fraction of sp³-hybridized carbons (Fsp3) is 0.136. The molecule has 2 atom stereocenters. The number of aromatic nitrogens is 1. The van der Waals surface area contributed by atoms with Crippen LogP contribution >= 0.6 is 58.0 Å². The third kappa shape index (κ3) is 5.15. The number of alkyl halides is 2. The van der Waals surface area contributed by atoms with Gasteiger partial charge in [-0.05, 0) is 54.1 Å². The van der Waals surface area contributed by atoms with Gasteiger partial charge in [0.1, 0.15) is 16.0 Å². The number of pyridine rings is 1. The molecule has 0 aliphatic heterocycles. The standard InChI is InChI=1S/C22H15Cl5N4O2/c23-11-6-10(7-12(24)8-11)18-19(22(18,26)27)21(33)29-13-4-5-15(25)14(9-13)20(32)31-17-3-1-2-16(28)30-17/h1-9,18-19H,(H,29,33)(H3,28,30,31,32). The van der Waals surface area contributed by atoms with Crippen molar-refractivity contribution < 1.29 is 9.59 Å². The summed E-state index contributed by atoms with van der Waals surface area (Å²) >= 11 is 31.1. The minimum atomic E-state index is -1.33. The van der Waals surface area contributed by atoms with E-state index in [-0.39, 0.29) is 22.2 Å². The van der Waals surface area contributed by atoms with Gasteiger partial charge in [-0.1, -0.05) is 40.9 Å². The first-order valence-corrected chi connectivity index (χ1v) is 11.4. The monoisotopic (exact) mass is 542 g/mol. The van der Waals surface area contributed by atoms with Gasteiger partial charge in [-0.15, -0.1) is 23.2 Å². The molecule has 0 bridgehead atoms. The summed E-state index contributed by atoms with van der Waals surface area (Å²) in [5.74, 6) is -1.67. The van der Waals surface area contributed by atoms with E-state index < -0.39 is 28.0 Å². The molecule has 0 spiro atoms. The van der Waals surface area contributed by atoms with Gasteiger partial charge in [0.25, 0.3) is 5.91 Å². The van der Waals surface area contributed by atoms with Crippen molar-refractivity contribution in [3.63, 3.8) is 0 Å². The number of halogens is 5. The maximum atomic E-state index is 12.9. The fourth-order valence-corrected chi connectivity index (χ4v) is 5.10. The average molecular weight is 545 g/mol. The zero-order valence-electron chi connectivity index (χ0n) is 16.6. The number of hydrogen-bond acceptors (Lipinski definition) is 4. The van der Waals surface area contributed by atoms with Crippen LogP contribution < -0.4 is 16.4 Å². The SMILES string of the molecule is Nc1cccc(NC(=O)c2cc(NC(=O)C3C(c4cc(Cl)cc(Cl)c4)C3(Cl)Cl)ccc2Cl)n1. The van der Waals surface area contributed by atoms with Crippen molar-refractivity contribution in [1.82, 2.24) is 4.98 Å². The minimum Gasteiger partial charge on any atom is -0.384 e. The van der Waals surface area contributed by atoms with E-state index in [1.54, 1.807) is 42.5 Å². The highest BCUT2D eigenvalue weighted by Gasteiger charge is 2.67. The predicted molar refractivity (Wildman–Crippen MR) is 134 cm³/mol. The Kier molecular flexibility index (Phi) is 6.67. The highest BCUT2D eigenvalue weighted by molar-refractivity contribution is 6.53. The molecule has 1 fully saturated rings. The summed E-state index contributed by atoms with van der Waals surface area (Å²) in [6.45, 7) is 0. The Labute approximate surface area is 214 Å². The van der Waals surface area contributed by atoms with E-state index in [4.69, 9.17) is 63.7 Å². The molecule has 1 aliphatic rings. The number of amides is 2. The third-order valence-electron chi connectivity index (χ3n) is 5.07. The molecule has 4 rings (SSSR count). The molecule has 6 nitrogen and oxygen atoms in total. The quantitative estimate of drug-likeness (QED) is 0.324. The van der Waals surface area contributed by atoms with Gasteiger partial charge in [0.2, 0.25) is 5.91 Å². The van der Waals surface area contributed by atoms with Crippen LogP contribution in [0.15, 0.2) is 54.6 Å². The molecule has 1 heterocycles. The molecule has 33 heavy (non-hydrogen) atoms. The topological polar surface area (TPSA) is 97.1 Å². The van der Waals surface area contributed by atoms with Gasteiger partial charge < -0.3 is 16.4 Å². The molecule has 0 radical (unpaired) electrons. The molecule has 1 aliphatic carbocycles. The van der Waals surface area contributed by atoms with E-state index in [2.05, 4.69) is 15.6 Å². The smallest absolute Gasteiger partial charge is 0.258 e. The molecule has 2 aromatic carbocycles. The normalized spacial score (nSPS) is 18.5. The highest BCUT2D eigenvalue weighted by atomic mass is 35.5. The summed E-state index contributed by atoms with van der Waals surface area (Å²) in [5, 5.41) is 6.37. The summed E-state index contributed by atoms with van der Waals surface area (Å²) in [7, 11) is 0. The molecule has 170 valence electrons. The molecule has 2 amide bonds. The summed E-state index contributed by atoms with van der Waals surface area (Å²) in [6, 6.07) is 14.2. The van der Waals surface area contributed by atoms with Gasteiger partial charge >= 0.3 is 0 Å². The molecule has 1 saturated carbocycles. The van der Waals surface area contributed by atoms with Crippen LogP contribution in [0.1, 0.15) is 21.8 Å². The summed E-state index contributed by atoms with van der Waals surface area (Å²) < 4.78 is -1.33. The van der Waals surface area contributed by atoms with Gasteiger partial charge in [0.05, 0.1) is 16.5 Å². The fourth-order valence-electron chi connectivity index (χ4n) is 3.52. The Bertz CT molecular complexity index is 1250. The lowest BCUT2D eigenvalue weighted by Crippen LogP contribution is -2.18. The minimum absolute atomic E-state index is 0.135. The van der Waals surface area contributed by atoms with Crippen molar-refractivity contribution >= 4 is 87.1 Å². The van der Waals surface area contributed by atoms with Gasteiger partial charge in [-0.25, -0.2) is 4.98 Å². The molecule has 0 saturated heterocycles. The summed E-state index contributed by atoms with van der Waals surface area (Å²) in [5.41, 5.74) is 6.77. The Morgan fingerprint density at radius 1 is 0.939 bits per heavy atom. The molecule has 1 aromatic heterocycles. The number of nitrogens with one attached hydrogen (secondary N) is 2. The van der Waals surface area contributed by atoms with Crippen LogP contribution in [0.3, 0.4) is 0 Å². The second kappa shape index (κ2) is 9.20. The van der Waals surface area contributed by atoms with Crippen LogP contribution in [0, 0.1) is 5.92 Å². The third-order valence-corrected chi connectivity index (χ3v) is 6.78. The lowest BCUT2D eigenvalue weighted by atomic mass is 10.1. The summed E-state index contributed by atoms with van der Waals surface area (Å²) in [6.07, 6.45) is 0. The van der Waals surface area contributed by atoms with Gasteiger partial charge in [-0.3, -0.25) is 9.59 Å². The van der Waals surface area contributed by atoms with Crippen LogP contribution in [-0.2, 0) is 4.79 Å². The number of nitrogens with zero attached hydrogens (tertiary/aromatic N) is 1. The number of hydrogen-bond donors (Lipinski definition) is 3. The Hall–Kier alpha value is -2.22. The second-order valence-corrected chi connectivity index (χ2v) is 10.1. The Morgan fingerprint density at radius 2 is 1.64 bits per heavy atom. The Morgan fingerprint density at radius 3 is 2.30 bits per heavy atom. The Balaban J connectivity index is 1.51. The lowest BCUT2D eigenvalue weighted by Gasteiger charge is -2.10. The van der Waals surface area contributed by atoms with Crippen molar-refractivity contribution in [2.24, 2.45) is 5.92 Å². The zero-order valence-corrected chi connectivity index (χ0v) is 20.4. The van der Waals surface area contributed by atoms with E-state index in [1.807, 2.05) is 0 Å². The number of nitrogen functional groups attached to an aromatic ring is 1. The van der Waals surface area contributed by atoms with E-state index >= 15 is 0 Å². The maximum Gasteiger partial charge on any atom is 0.258 e. The summed E-state index contributed by atoms with van der Waals surface area (Å²) in [4.78, 5) is 29.6. The van der Waals surface area contributed by atoms with Gasteiger partial charge in [-0.2, -0.15) is 0 Å². The molecule has 11 heteroatoms. The number of carbonyl (C=O) groups is 2. The second-order valence-electron chi connectivity index (χ2n) is 7.42. The first-order valence-electron chi connectivity index (χ1n) is 9.54. The van der Waals surface area contributed by atoms with Crippen molar-refractivity contribution in [2.75, 3.05) is 16.4 Å². The van der Waals surface area contributed by atoms with Crippen molar-refractivity contribution in [3.05, 3.63) is 80.8 Å². The van der Waals surface area contributed by atoms with Crippen molar-refractivity contribution in [3.8, 4) is 0 Å². The van der Waals surface area contributed by atoms with Crippen LogP contribution in [-0.4, -0.2) is 21.1 Å². The van der Waals surface area contributed by atoms with Gasteiger partial charge in [0.15, 0.2) is 0 Å². The van der Waals surface area contributed by atoms with Crippen molar-refractivity contribution in [2.45, 2.75) is 10.3 Å². The average Bonchev–Trinajstić information content (AvgIpc) is 3.31. The number of rotatable bonds is 5. The van der Waals surface area contributed by atoms with Crippen LogP contribution in [0.5, 0.6) is 0 Å². The predicted octanol–water partition coefficient (Wildman–Crippen LogP) is 6.40. The number of benzene rings is 2. The van der Waals surface area contributed by atoms with Crippen LogP contribution in [0.25, 0.3) is 0 Å². The molecule has 4 N–H and O–H groups in total. The number of carbonyl (C=O) groups excluding carboxylic acids is 2. The lowest BCUT2D eigenvalue weighted by molar-refractivity contribution is -0.117. The number of nitrogens with two attached hydrogens (primary N) is 1. The highest BCUT2D eigenvalue weighted by Crippen LogP contribution is 2.65. The molecular weight excluding hydrogens is 530 g/mol.